The van der Waals surface area contributed by atoms with Crippen molar-refractivity contribution in [3.05, 3.63) is 35.9 Å². The first-order valence-electron chi connectivity index (χ1n) is 6.61. The number of hydrogen-bond acceptors (Lipinski definition) is 2. The minimum absolute atomic E-state index is 0.0121. The summed E-state index contributed by atoms with van der Waals surface area (Å²) in [6.07, 6.45) is 2.73. The molecule has 0 fully saturated rings. The molecule has 1 N–H and O–H groups in total. The summed E-state index contributed by atoms with van der Waals surface area (Å²) in [5.74, 6) is 0.0402. The molecule has 0 aromatic heterocycles. The van der Waals surface area contributed by atoms with Gasteiger partial charge in [-0.25, -0.2) is 0 Å². The van der Waals surface area contributed by atoms with Gasteiger partial charge in [-0.1, -0.05) is 43.7 Å². The number of aliphatic hydroxyl groups is 1. The van der Waals surface area contributed by atoms with Gasteiger partial charge in [0, 0.05) is 13.5 Å². The van der Waals surface area contributed by atoms with Crippen molar-refractivity contribution in [1.29, 1.82) is 0 Å². The van der Waals surface area contributed by atoms with Crippen molar-refractivity contribution in [2.45, 2.75) is 39.2 Å². The molecule has 18 heavy (non-hydrogen) atoms. The van der Waals surface area contributed by atoms with Gasteiger partial charge in [0.05, 0.1) is 12.6 Å². The van der Waals surface area contributed by atoms with Crippen LogP contribution in [-0.2, 0) is 11.2 Å². The molecule has 0 saturated heterocycles. The van der Waals surface area contributed by atoms with E-state index >= 15 is 0 Å². The maximum Gasteiger partial charge on any atom is 0.219 e. The Bertz CT molecular complexity index is 351. The zero-order valence-corrected chi connectivity index (χ0v) is 11.3. The Hall–Kier alpha value is -1.35. The second-order valence-electron chi connectivity index (χ2n) is 4.59. The Morgan fingerprint density at radius 1 is 1.33 bits per heavy atom. The molecular weight excluding hydrogens is 226 g/mol. The van der Waals surface area contributed by atoms with Crippen LogP contribution in [0.1, 0.15) is 32.3 Å². The molecule has 1 rings (SSSR count). The van der Waals surface area contributed by atoms with E-state index in [4.69, 9.17) is 0 Å². The van der Waals surface area contributed by atoms with Crippen LogP contribution in [0.25, 0.3) is 0 Å². The van der Waals surface area contributed by atoms with E-state index in [9.17, 15) is 9.90 Å². The standard InChI is InChI=1S/C15H23NO2/c1-3-4-10-16(13(2)18)15(12-17)11-14-8-6-5-7-9-14/h5-9,15,17H,3-4,10-12H2,1-2H3. The van der Waals surface area contributed by atoms with Crippen LogP contribution in [0.3, 0.4) is 0 Å². The summed E-state index contributed by atoms with van der Waals surface area (Å²) in [6, 6.07) is 9.87. The van der Waals surface area contributed by atoms with Gasteiger partial charge < -0.3 is 10.0 Å². The van der Waals surface area contributed by atoms with Crippen LogP contribution >= 0.6 is 0 Å². The smallest absolute Gasteiger partial charge is 0.219 e. The van der Waals surface area contributed by atoms with E-state index in [1.54, 1.807) is 11.8 Å². The lowest BCUT2D eigenvalue weighted by Gasteiger charge is -2.29. The van der Waals surface area contributed by atoms with Crippen molar-refractivity contribution in [2.24, 2.45) is 0 Å². The molecule has 0 spiro atoms. The molecule has 3 nitrogen and oxygen atoms in total. The van der Waals surface area contributed by atoms with Crippen LogP contribution in [0.5, 0.6) is 0 Å². The molecule has 1 amide bonds. The van der Waals surface area contributed by atoms with Gasteiger partial charge in [-0.15, -0.1) is 0 Å². The molecule has 0 radical (unpaired) electrons. The number of nitrogens with zero attached hydrogens (tertiary/aromatic N) is 1. The normalized spacial score (nSPS) is 12.2. The number of amides is 1. The lowest BCUT2D eigenvalue weighted by molar-refractivity contribution is -0.132. The third kappa shape index (κ3) is 4.49. The van der Waals surface area contributed by atoms with E-state index < -0.39 is 0 Å². The fourth-order valence-electron chi connectivity index (χ4n) is 2.09. The first kappa shape index (κ1) is 14.7. The van der Waals surface area contributed by atoms with E-state index in [0.717, 1.165) is 24.9 Å². The fraction of sp³-hybridized carbons (Fsp3) is 0.533. The Morgan fingerprint density at radius 3 is 2.50 bits per heavy atom. The van der Waals surface area contributed by atoms with Gasteiger partial charge in [-0.05, 0) is 18.4 Å². The highest BCUT2D eigenvalue weighted by atomic mass is 16.3. The third-order valence-corrected chi connectivity index (χ3v) is 3.12. The Kier molecular flexibility index (Phi) is 6.44. The number of hydrogen-bond donors (Lipinski definition) is 1. The zero-order chi connectivity index (χ0) is 13.4. The van der Waals surface area contributed by atoms with Crippen molar-refractivity contribution in [1.82, 2.24) is 4.90 Å². The maximum atomic E-state index is 11.7. The van der Waals surface area contributed by atoms with Gasteiger partial charge in [0.15, 0.2) is 0 Å². The Morgan fingerprint density at radius 2 is 2.00 bits per heavy atom. The number of aliphatic hydroxyl groups excluding tert-OH is 1. The molecule has 0 aliphatic carbocycles. The van der Waals surface area contributed by atoms with Gasteiger partial charge in [-0.2, -0.15) is 0 Å². The van der Waals surface area contributed by atoms with Crippen molar-refractivity contribution in [3.8, 4) is 0 Å². The van der Waals surface area contributed by atoms with Crippen LogP contribution in [0, 0.1) is 0 Å². The highest BCUT2D eigenvalue weighted by Crippen LogP contribution is 2.10. The molecule has 0 bridgehead atoms. The molecule has 0 aliphatic heterocycles. The number of benzene rings is 1. The fourth-order valence-corrected chi connectivity index (χ4v) is 2.09. The summed E-state index contributed by atoms with van der Waals surface area (Å²) in [4.78, 5) is 13.4. The maximum absolute atomic E-state index is 11.7. The van der Waals surface area contributed by atoms with Gasteiger partial charge in [0.25, 0.3) is 0 Å². The minimum Gasteiger partial charge on any atom is -0.394 e. The zero-order valence-electron chi connectivity index (χ0n) is 11.3. The van der Waals surface area contributed by atoms with Crippen LogP contribution in [0.4, 0.5) is 0 Å². The highest BCUT2D eigenvalue weighted by Gasteiger charge is 2.19. The topological polar surface area (TPSA) is 40.5 Å². The third-order valence-electron chi connectivity index (χ3n) is 3.12. The van der Waals surface area contributed by atoms with Crippen LogP contribution in [0.15, 0.2) is 30.3 Å². The van der Waals surface area contributed by atoms with Crippen LogP contribution in [0.2, 0.25) is 0 Å². The molecule has 1 atom stereocenters. The number of unbranched alkanes of at least 4 members (excludes halogenated alkanes) is 1. The van der Waals surface area contributed by atoms with E-state index in [2.05, 4.69) is 6.92 Å². The molecule has 3 heteroatoms. The van der Waals surface area contributed by atoms with Gasteiger partial charge in [0.1, 0.15) is 0 Å². The average Bonchev–Trinajstić information content (AvgIpc) is 2.38. The largest absolute Gasteiger partial charge is 0.394 e. The first-order valence-corrected chi connectivity index (χ1v) is 6.61. The molecule has 1 aromatic carbocycles. The van der Waals surface area contributed by atoms with Crippen molar-refractivity contribution < 1.29 is 9.90 Å². The number of rotatable bonds is 7. The van der Waals surface area contributed by atoms with E-state index in [0.29, 0.717) is 6.42 Å². The second kappa shape index (κ2) is 7.88. The molecule has 0 heterocycles. The summed E-state index contributed by atoms with van der Waals surface area (Å²) in [5.41, 5.74) is 1.15. The molecular formula is C15H23NO2. The summed E-state index contributed by atoms with van der Waals surface area (Å²) in [5, 5.41) is 9.51. The molecule has 1 aromatic rings. The van der Waals surface area contributed by atoms with E-state index in [-0.39, 0.29) is 18.6 Å². The molecule has 100 valence electrons. The number of carbonyl (C=O) groups excluding carboxylic acids is 1. The minimum atomic E-state index is -0.114. The quantitative estimate of drug-likeness (QED) is 0.805. The van der Waals surface area contributed by atoms with Crippen LogP contribution in [-0.4, -0.2) is 35.1 Å². The predicted molar refractivity (Wildman–Crippen MR) is 73.3 cm³/mol. The van der Waals surface area contributed by atoms with Crippen molar-refractivity contribution in [2.75, 3.05) is 13.2 Å². The van der Waals surface area contributed by atoms with Gasteiger partial charge in [0.2, 0.25) is 5.91 Å². The van der Waals surface area contributed by atoms with Crippen LogP contribution < -0.4 is 0 Å². The Labute approximate surface area is 109 Å². The lowest BCUT2D eigenvalue weighted by Crippen LogP contribution is -2.43. The van der Waals surface area contributed by atoms with Gasteiger partial charge >= 0.3 is 0 Å². The summed E-state index contributed by atoms with van der Waals surface area (Å²) >= 11 is 0. The summed E-state index contributed by atoms with van der Waals surface area (Å²) < 4.78 is 0. The SMILES string of the molecule is CCCCN(C(C)=O)C(CO)Cc1ccccc1. The summed E-state index contributed by atoms with van der Waals surface area (Å²) in [7, 11) is 0. The lowest BCUT2D eigenvalue weighted by atomic mass is 10.0. The highest BCUT2D eigenvalue weighted by molar-refractivity contribution is 5.73. The van der Waals surface area contributed by atoms with E-state index in [1.807, 2.05) is 30.3 Å². The van der Waals surface area contributed by atoms with E-state index in [1.165, 1.54) is 0 Å². The summed E-state index contributed by atoms with van der Waals surface area (Å²) in [6.45, 7) is 4.41. The van der Waals surface area contributed by atoms with Gasteiger partial charge in [-0.3, -0.25) is 4.79 Å². The van der Waals surface area contributed by atoms with Crippen molar-refractivity contribution >= 4 is 5.91 Å². The molecule has 1 unspecified atom stereocenters. The molecule has 0 aliphatic rings. The Balaban J connectivity index is 2.69. The molecule has 0 saturated carbocycles. The van der Waals surface area contributed by atoms with Crippen molar-refractivity contribution in [3.63, 3.8) is 0 Å². The first-order chi connectivity index (χ1) is 8.69. The number of carbonyl (C=O) groups is 1. The monoisotopic (exact) mass is 249 g/mol. The predicted octanol–water partition coefficient (Wildman–Crippen LogP) is 2.24. The average molecular weight is 249 g/mol. The second-order valence-corrected chi connectivity index (χ2v) is 4.59.